The van der Waals surface area contributed by atoms with Gasteiger partial charge in [-0.3, -0.25) is 9.10 Å². The molecule has 0 aliphatic rings. The fourth-order valence-electron chi connectivity index (χ4n) is 2.26. The summed E-state index contributed by atoms with van der Waals surface area (Å²) < 4.78 is 30.5. The summed E-state index contributed by atoms with van der Waals surface area (Å²) in [6.45, 7) is 5.43. The Bertz CT molecular complexity index is 663. The first-order chi connectivity index (χ1) is 10.6. The van der Waals surface area contributed by atoms with Gasteiger partial charge in [0, 0.05) is 18.2 Å². The molecule has 6 nitrogen and oxygen atoms in total. The summed E-state index contributed by atoms with van der Waals surface area (Å²) in [4.78, 5) is 12.4. The van der Waals surface area contributed by atoms with Crippen molar-refractivity contribution in [3.63, 3.8) is 0 Å². The summed E-state index contributed by atoms with van der Waals surface area (Å²) in [5.74, 6) is -0.403. The van der Waals surface area contributed by atoms with Gasteiger partial charge in [0.2, 0.25) is 15.9 Å². The summed E-state index contributed by atoms with van der Waals surface area (Å²) in [7, 11) is -2.13. The molecule has 0 fully saturated rings. The molecule has 1 amide bonds. The molecule has 0 saturated carbocycles. The first kappa shape index (κ1) is 19.7. The van der Waals surface area contributed by atoms with Crippen LogP contribution in [0, 0.1) is 6.92 Å². The van der Waals surface area contributed by atoms with Crippen molar-refractivity contribution in [1.29, 1.82) is 0 Å². The molecule has 1 rings (SSSR count). The van der Waals surface area contributed by atoms with Crippen molar-refractivity contribution < 1.29 is 17.9 Å². The summed E-state index contributed by atoms with van der Waals surface area (Å²) in [6.07, 6.45) is 1.07. The molecule has 0 spiro atoms. The van der Waals surface area contributed by atoms with Crippen molar-refractivity contribution in [3.05, 3.63) is 28.8 Å². The number of carbonyl (C=O) groups is 1. The molecule has 0 aromatic heterocycles. The van der Waals surface area contributed by atoms with Crippen LogP contribution in [0.2, 0.25) is 5.02 Å². The minimum absolute atomic E-state index is 0.225. The monoisotopic (exact) mass is 362 g/mol. The van der Waals surface area contributed by atoms with E-state index in [0.717, 1.165) is 10.6 Å². The highest BCUT2D eigenvalue weighted by atomic mass is 35.5. The highest BCUT2D eigenvalue weighted by Crippen LogP contribution is 2.28. The van der Waals surface area contributed by atoms with Crippen LogP contribution in [0.3, 0.4) is 0 Å². The molecule has 0 aliphatic carbocycles. The lowest BCUT2D eigenvalue weighted by atomic mass is 10.1. The first-order valence-electron chi connectivity index (χ1n) is 7.12. The van der Waals surface area contributed by atoms with Gasteiger partial charge in [-0.05, 0) is 38.5 Å². The van der Waals surface area contributed by atoms with E-state index >= 15 is 0 Å². The van der Waals surface area contributed by atoms with Crippen LogP contribution in [0.25, 0.3) is 0 Å². The quantitative estimate of drug-likeness (QED) is 0.804. The van der Waals surface area contributed by atoms with E-state index in [9.17, 15) is 13.2 Å². The van der Waals surface area contributed by atoms with Crippen LogP contribution in [-0.4, -0.2) is 46.4 Å². The van der Waals surface area contributed by atoms with Crippen molar-refractivity contribution in [2.24, 2.45) is 0 Å². The van der Waals surface area contributed by atoms with Crippen molar-refractivity contribution in [2.45, 2.75) is 32.9 Å². The number of amides is 1. The highest BCUT2D eigenvalue weighted by Gasteiger charge is 2.30. The lowest BCUT2D eigenvalue weighted by Crippen LogP contribution is -2.50. The number of benzene rings is 1. The van der Waals surface area contributed by atoms with E-state index in [4.69, 9.17) is 16.3 Å². The van der Waals surface area contributed by atoms with Gasteiger partial charge in [-0.25, -0.2) is 8.42 Å². The molecule has 0 saturated heterocycles. The summed E-state index contributed by atoms with van der Waals surface area (Å²) in [5.41, 5.74) is 1.10. The van der Waals surface area contributed by atoms with Gasteiger partial charge in [0.1, 0.15) is 6.04 Å². The number of rotatable bonds is 7. The van der Waals surface area contributed by atoms with E-state index in [1.54, 1.807) is 32.0 Å². The average molecular weight is 363 g/mol. The molecule has 23 heavy (non-hydrogen) atoms. The Morgan fingerprint density at radius 3 is 2.52 bits per heavy atom. The molecule has 130 valence electrons. The Kier molecular flexibility index (Phi) is 6.85. The van der Waals surface area contributed by atoms with Gasteiger partial charge in [0.15, 0.2) is 0 Å². The van der Waals surface area contributed by atoms with E-state index in [1.807, 2.05) is 0 Å². The van der Waals surface area contributed by atoms with Crippen molar-refractivity contribution >= 4 is 33.2 Å². The van der Waals surface area contributed by atoms with Crippen LogP contribution in [-0.2, 0) is 19.6 Å². The van der Waals surface area contributed by atoms with Gasteiger partial charge in [0.05, 0.1) is 18.6 Å². The van der Waals surface area contributed by atoms with Gasteiger partial charge >= 0.3 is 0 Å². The number of ether oxygens (including phenoxy) is 1. The Balaban J connectivity index is 3.17. The zero-order valence-electron chi connectivity index (χ0n) is 14.0. The second-order valence-electron chi connectivity index (χ2n) is 5.53. The maximum atomic E-state index is 12.4. The third-order valence-electron chi connectivity index (χ3n) is 3.30. The molecule has 0 radical (unpaired) electrons. The van der Waals surface area contributed by atoms with Crippen molar-refractivity contribution in [3.8, 4) is 0 Å². The number of anilines is 1. The van der Waals surface area contributed by atoms with Crippen LogP contribution in [0.5, 0.6) is 0 Å². The predicted molar refractivity (Wildman–Crippen MR) is 92.5 cm³/mol. The number of hydrogen-bond donors (Lipinski definition) is 1. The van der Waals surface area contributed by atoms with Crippen molar-refractivity contribution in [2.75, 3.05) is 24.3 Å². The van der Waals surface area contributed by atoms with Gasteiger partial charge in [-0.1, -0.05) is 17.7 Å². The number of aryl methyl sites for hydroxylation is 1. The predicted octanol–water partition coefficient (Wildman–Crippen LogP) is 1.95. The lowest BCUT2D eigenvalue weighted by Gasteiger charge is -2.30. The molecule has 1 N–H and O–H groups in total. The van der Waals surface area contributed by atoms with E-state index in [2.05, 4.69) is 5.32 Å². The highest BCUT2D eigenvalue weighted by molar-refractivity contribution is 7.92. The van der Waals surface area contributed by atoms with Crippen LogP contribution < -0.4 is 9.62 Å². The average Bonchev–Trinajstić information content (AvgIpc) is 2.41. The Hall–Kier alpha value is -1.31. The third kappa shape index (κ3) is 5.37. The van der Waals surface area contributed by atoms with E-state index in [0.29, 0.717) is 22.9 Å². The molecule has 0 unspecified atom stereocenters. The van der Waals surface area contributed by atoms with Gasteiger partial charge in [-0.15, -0.1) is 0 Å². The van der Waals surface area contributed by atoms with Crippen LogP contribution in [0.4, 0.5) is 5.69 Å². The number of hydrogen-bond acceptors (Lipinski definition) is 4. The van der Waals surface area contributed by atoms with E-state index in [1.165, 1.54) is 14.0 Å². The van der Waals surface area contributed by atoms with E-state index < -0.39 is 22.0 Å². The fraction of sp³-hybridized carbons (Fsp3) is 0.533. The molecule has 2 atom stereocenters. The zero-order valence-corrected chi connectivity index (χ0v) is 15.5. The van der Waals surface area contributed by atoms with Crippen LogP contribution >= 0.6 is 11.6 Å². The number of nitrogens with one attached hydrogen (secondary N) is 1. The molecule has 0 aliphatic heterocycles. The van der Waals surface area contributed by atoms with Crippen LogP contribution in [0.15, 0.2) is 18.2 Å². The van der Waals surface area contributed by atoms with Crippen LogP contribution in [0.1, 0.15) is 19.4 Å². The largest absolute Gasteiger partial charge is 0.383 e. The standard InChI is InChI=1S/C15H23ClN2O4S/c1-10-6-7-13(16)8-14(10)18(23(5,20)21)12(3)15(19)17-11(2)9-22-4/h6-8,11-12H,9H2,1-5H3,(H,17,19)/t11-,12+/m1/s1. The Morgan fingerprint density at radius 2 is 2.00 bits per heavy atom. The summed E-state index contributed by atoms with van der Waals surface area (Å²) in [6, 6.07) is 3.79. The van der Waals surface area contributed by atoms with Gasteiger partial charge in [-0.2, -0.15) is 0 Å². The topological polar surface area (TPSA) is 75.7 Å². The Morgan fingerprint density at radius 1 is 1.39 bits per heavy atom. The number of methoxy groups -OCH3 is 1. The minimum atomic E-state index is -3.67. The fourth-order valence-corrected chi connectivity index (χ4v) is 3.65. The van der Waals surface area contributed by atoms with Gasteiger partial charge in [0.25, 0.3) is 0 Å². The molecular formula is C15H23ClN2O4S. The zero-order chi connectivity index (χ0) is 17.8. The molecule has 1 aromatic rings. The molecule has 0 bridgehead atoms. The third-order valence-corrected chi connectivity index (χ3v) is 4.77. The number of sulfonamides is 1. The van der Waals surface area contributed by atoms with E-state index in [-0.39, 0.29) is 6.04 Å². The minimum Gasteiger partial charge on any atom is -0.383 e. The SMILES string of the molecule is COC[C@@H](C)NC(=O)[C@H](C)N(c1cc(Cl)ccc1C)S(C)(=O)=O. The lowest BCUT2D eigenvalue weighted by molar-refractivity contribution is -0.122. The maximum Gasteiger partial charge on any atom is 0.243 e. The number of halogens is 1. The first-order valence-corrected chi connectivity index (χ1v) is 9.35. The number of nitrogens with zero attached hydrogens (tertiary/aromatic N) is 1. The summed E-state index contributed by atoms with van der Waals surface area (Å²) >= 11 is 5.98. The van der Waals surface area contributed by atoms with Gasteiger partial charge < -0.3 is 10.1 Å². The number of carbonyl (C=O) groups excluding carboxylic acids is 1. The Labute approximate surface area is 142 Å². The summed E-state index contributed by atoms with van der Waals surface area (Å²) in [5, 5.41) is 3.14. The normalized spacial score (nSPS) is 14.2. The van der Waals surface area contributed by atoms with Crippen molar-refractivity contribution in [1.82, 2.24) is 5.32 Å². The molecule has 8 heteroatoms. The smallest absolute Gasteiger partial charge is 0.243 e. The molecular weight excluding hydrogens is 340 g/mol. The second-order valence-corrected chi connectivity index (χ2v) is 7.83. The maximum absolute atomic E-state index is 12.4. The second kappa shape index (κ2) is 7.99. The molecule has 1 aromatic carbocycles. The molecule has 0 heterocycles.